The van der Waals surface area contributed by atoms with Gasteiger partial charge in [-0.2, -0.15) is 0 Å². The molecule has 0 atom stereocenters. The summed E-state index contributed by atoms with van der Waals surface area (Å²) in [5.41, 5.74) is 16.1. The van der Waals surface area contributed by atoms with Crippen molar-refractivity contribution in [3.63, 3.8) is 0 Å². The summed E-state index contributed by atoms with van der Waals surface area (Å²) in [5.74, 6) is 0. The highest BCUT2D eigenvalue weighted by Crippen LogP contribution is 2.22. The molecule has 2 rings (SSSR count). The second-order valence-corrected chi connectivity index (χ2v) is 5.67. The van der Waals surface area contributed by atoms with Crippen LogP contribution in [0, 0.1) is 34.6 Å². The second-order valence-electron chi connectivity index (χ2n) is 5.67. The summed E-state index contributed by atoms with van der Waals surface area (Å²) in [6.45, 7) is 10.7. The third-order valence-electron chi connectivity index (χ3n) is 4.05. The molecule has 0 saturated heterocycles. The first kappa shape index (κ1) is 13.7. The van der Waals surface area contributed by atoms with Gasteiger partial charge in [0.05, 0.1) is 0 Å². The Hall–Kier alpha value is -1.76. The number of nitrogens with two attached hydrogens (primary N) is 1. The van der Waals surface area contributed by atoms with Crippen molar-refractivity contribution in [1.29, 1.82) is 0 Å². The van der Waals surface area contributed by atoms with Gasteiger partial charge in [-0.1, -0.05) is 24.3 Å². The molecule has 0 radical (unpaired) electrons. The zero-order chi connectivity index (χ0) is 14.2. The quantitative estimate of drug-likeness (QED) is 0.789. The maximum atomic E-state index is 6.01. The molecule has 19 heavy (non-hydrogen) atoms. The van der Waals surface area contributed by atoms with Gasteiger partial charge in [-0.25, -0.2) is 0 Å². The molecule has 0 aromatic heterocycles. The molecule has 0 amide bonds. The minimum Gasteiger partial charge on any atom is -0.398 e. The molecular formula is C18H23N. The van der Waals surface area contributed by atoms with Gasteiger partial charge in [-0.15, -0.1) is 0 Å². The van der Waals surface area contributed by atoms with Crippen LogP contribution in [-0.2, 0) is 6.42 Å². The summed E-state index contributed by atoms with van der Waals surface area (Å²) < 4.78 is 0. The van der Waals surface area contributed by atoms with E-state index in [0.29, 0.717) is 0 Å². The van der Waals surface area contributed by atoms with Crippen molar-refractivity contribution in [2.75, 3.05) is 5.73 Å². The lowest BCUT2D eigenvalue weighted by Gasteiger charge is -2.12. The van der Waals surface area contributed by atoms with Crippen LogP contribution in [-0.4, -0.2) is 0 Å². The smallest absolute Gasteiger partial charge is 0.0373 e. The van der Waals surface area contributed by atoms with Crippen LogP contribution < -0.4 is 5.73 Å². The van der Waals surface area contributed by atoms with Gasteiger partial charge in [0.1, 0.15) is 0 Å². The third-order valence-corrected chi connectivity index (χ3v) is 4.05. The van der Waals surface area contributed by atoms with E-state index in [2.05, 4.69) is 58.9 Å². The van der Waals surface area contributed by atoms with Crippen LogP contribution in [0.5, 0.6) is 0 Å². The molecule has 1 heteroatoms. The van der Waals surface area contributed by atoms with E-state index in [4.69, 9.17) is 5.73 Å². The number of benzene rings is 2. The van der Waals surface area contributed by atoms with Crippen LogP contribution in [0.2, 0.25) is 0 Å². The summed E-state index contributed by atoms with van der Waals surface area (Å²) in [7, 11) is 0. The Morgan fingerprint density at radius 3 is 1.47 bits per heavy atom. The van der Waals surface area contributed by atoms with Crippen LogP contribution in [0.1, 0.15) is 38.9 Å². The molecule has 0 bridgehead atoms. The molecule has 0 aliphatic carbocycles. The minimum atomic E-state index is 0.917. The molecule has 0 aliphatic heterocycles. The fraction of sp³-hybridized carbons (Fsp3) is 0.333. The van der Waals surface area contributed by atoms with E-state index in [9.17, 15) is 0 Å². The maximum Gasteiger partial charge on any atom is 0.0373 e. The molecular weight excluding hydrogens is 230 g/mol. The van der Waals surface area contributed by atoms with Crippen molar-refractivity contribution in [3.8, 4) is 0 Å². The topological polar surface area (TPSA) is 26.0 Å². The lowest BCUT2D eigenvalue weighted by Crippen LogP contribution is -1.98. The highest BCUT2D eigenvalue weighted by Gasteiger charge is 2.05. The van der Waals surface area contributed by atoms with Gasteiger partial charge < -0.3 is 5.73 Å². The van der Waals surface area contributed by atoms with Crippen LogP contribution in [0.25, 0.3) is 0 Å². The standard InChI is InChI=1S/C18H23N/c1-11-6-16(7-12(2)15(11)5)10-17-8-13(3)18(19)14(4)9-17/h6-9H,10,19H2,1-5H3. The summed E-state index contributed by atoms with van der Waals surface area (Å²) in [5, 5.41) is 0. The number of nitrogen functional groups attached to an aromatic ring is 1. The SMILES string of the molecule is Cc1cc(Cc2cc(C)c(N)c(C)c2)cc(C)c1C. The summed E-state index contributed by atoms with van der Waals surface area (Å²) in [6.07, 6.45) is 0.976. The van der Waals surface area contributed by atoms with E-state index in [1.165, 1.54) is 38.9 Å². The summed E-state index contributed by atoms with van der Waals surface area (Å²) in [4.78, 5) is 0. The average Bonchev–Trinajstić information content (AvgIpc) is 2.33. The van der Waals surface area contributed by atoms with Gasteiger partial charge in [0.2, 0.25) is 0 Å². The Morgan fingerprint density at radius 1 is 0.684 bits per heavy atom. The number of anilines is 1. The van der Waals surface area contributed by atoms with E-state index in [-0.39, 0.29) is 0 Å². The highest BCUT2D eigenvalue weighted by molar-refractivity contribution is 5.55. The monoisotopic (exact) mass is 253 g/mol. The molecule has 0 spiro atoms. The normalized spacial score (nSPS) is 10.8. The molecule has 1 nitrogen and oxygen atoms in total. The van der Waals surface area contributed by atoms with Crippen molar-refractivity contribution >= 4 is 5.69 Å². The van der Waals surface area contributed by atoms with Gasteiger partial charge in [0.25, 0.3) is 0 Å². The van der Waals surface area contributed by atoms with E-state index >= 15 is 0 Å². The third kappa shape index (κ3) is 2.81. The van der Waals surface area contributed by atoms with Crippen LogP contribution in [0.4, 0.5) is 5.69 Å². The van der Waals surface area contributed by atoms with Gasteiger partial charge in [-0.05, 0) is 80.0 Å². The van der Waals surface area contributed by atoms with Gasteiger partial charge >= 0.3 is 0 Å². The number of hydrogen-bond acceptors (Lipinski definition) is 1. The predicted molar refractivity (Wildman–Crippen MR) is 83.8 cm³/mol. The Kier molecular flexibility index (Phi) is 3.66. The first-order valence-electron chi connectivity index (χ1n) is 6.81. The largest absolute Gasteiger partial charge is 0.398 e. The zero-order valence-electron chi connectivity index (χ0n) is 12.6. The predicted octanol–water partition coefficient (Wildman–Crippen LogP) is 4.40. The minimum absolute atomic E-state index is 0.917. The van der Waals surface area contributed by atoms with E-state index in [1.54, 1.807) is 0 Å². The van der Waals surface area contributed by atoms with E-state index in [1.807, 2.05) is 0 Å². The van der Waals surface area contributed by atoms with Gasteiger partial charge in [0, 0.05) is 5.69 Å². The molecule has 2 N–H and O–H groups in total. The summed E-state index contributed by atoms with van der Waals surface area (Å²) >= 11 is 0. The molecule has 0 heterocycles. The Balaban J connectivity index is 2.36. The van der Waals surface area contributed by atoms with Crippen LogP contribution in [0.3, 0.4) is 0 Å². The van der Waals surface area contributed by atoms with Crippen molar-refractivity contribution < 1.29 is 0 Å². The molecule has 2 aromatic rings. The summed E-state index contributed by atoms with van der Waals surface area (Å²) in [6, 6.07) is 8.99. The fourth-order valence-corrected chi connectivity index (χ4v) is 2.63. The lowest BCUT2D eigenvalue weighted by molar-refractivity contribution is 1.13. The molecule has 100 valence electrons. The Morgan fingerprint density at radius 2 is 1.05 bits per heavy atom. The Bertz CT molecular complexity index is 522. The first-order chi connectivity index (χ1) is 8.88. The Labute approximate surface area is 116 Å². The lowest BCUT2D eigenvalue weighted by atomic mass is 9.95. The van der Waals surface area contributed by atoms with Crippen molar-refractivity contribution in [1.82, 2.24) is 0 Å². The highest BCUT2D eigenvalue weighted by atomic mass is 14.6. The fourth-order valence-electron chi connectivity index (χ4n) is 2.63. The molecule has 0 aliphatic rings. The van der Waals surface area contributed by atoms with Crippen molar-refractivity contribution in [3.05, 3.63) is 63.2 Å². The molecule has 0 unspecified atom stereocenters. The second kappa shape index (κ2) is 5.08. The molecule has 0 fully saturated rings. The maximum absolute atomic E-state index is 6.01. The zero-order valence-corrected chi connectivity index (χ0v) is 12.6. The number of rotatable bonds is 2. The first-order valence-corrected chi connectivity index (χ1v) is 6.81. The van der Waals surface area contributed by atoms with Crippen molar-refractivity contribution in [2.45, 2.75) is 41.0 Å². The van der Waals surface area contributed by atoms with Crippen LogP contribution in [0.15, 0.2) is 24.3 Å². The number of aryl methyl sites for hydroxylation is 4. The van der Waals surface area contributed by atoms with Gasteiger partial charge in [-0.3, -0.25) is 0 Å². The average molecular weight is 253 g/mol. The number of hydrogen-bond donors (Lipinski definition) is 1. The van der Waals surface area contributed by atoms with Crippen LogP contribution >= 0.6 is 0 Å². The molecule has 0 saturated carbocycles. The van der Waals surface area contributed by atoms with Crippen molar-refractivity contribution in [2.24, 2.45) is 0 Å². The van der Waals surface area contributed by atoms with E-state index in [0.717, 1.165) is 12.1 Å². The van der Waals surface area contributed by atoms with E-state index < -0.39 is 0 Å². The van der Waals surface area contributed by atoms with Gasteiger partial charge in [0.15, 0.2) is 0 Å². The molecule has 2 aromatic carbocycles.